The topological polar surface area (TPSA) is 50.1 Å². The number of ether oxygens (including phenoxy) is 1. The van der Waals surface area contributed by atoms with Gasteiger partial charge in [0.15, 0.2) is 4.96 Å². The molecule has 0 aliphatic rings. The van der Waals surface area contributed by atoms with Gasteiger partial charge in [-0.25, -0.2) is 4.98 Å². The molecule has 0 fully saturated rings. The zero-order valence-corrected chi connectivity index (χ0v) is 18.5. The number of amides is 1. The number of carbonyl (C=O) groups is 1. The lowest BCUT2D eigenvalue weighted by atomic mass is 9.96. The molecule has 0 atom stereocenters. The number of aromatic nitrogens is 2. The number of carbonyl (C=O) groups excluding carboxylic acids is 1. The highest BCUT2D eigenvalue weighted by atomic mass is 32.1. The monoisotopic (exact) mass is 402 g/mol. The normalized spacial score (nSPS) is 12.4. The van der Waals surface area contributed by atoms with Gasteiger partial charge in [0.1, 0.15) is 4.88 Å². The van der Waals surface area contributed by atoms with Gasteiger partial charge in [0.25, 0.3) is 5.91 Å². The predicted octanol–water partition coefficient (Wildman–Crippen LogP) is 3.75. The van der Waals surface area contributed by atoms with Gasteiger partial charge in [0.05, 0.1) is 17.6 Å². The molecular formula is C21H30N4O2S. The molecule has 1 amide bonds. The molecule has 3 aromatic rings. The van der Waals surface area contributed by atoms with Gasteiger partial charge >= 0.3 is 0 Å². The number of methoxy groups -OCH3 is 1. The second-order valence-electron chi connectivity index (χ2n) is 8.64. The Morgan fingerprint density at radius 1 is 1.29 bits per heavy atom. The summed E-state index contributed by atoms with van der Waals surface area (Å²) in [6.07, 6.45) is 1.92. The molecule has 1 aromatic carbocycles. The van der Waals surface area contributed by atoms with Crippen LogP contribution in [-0.2, 0) is 11.3 Å². The first-order valence-corrected chi connectivity index (χ1v) is 10.3. The van der Waals surface area contributed by atoms with Crippen molar-refractivity contribution in [1.82, 2.24) is 19.2 Å². The Hall–Kier alpha value is -1.96. The molecule has 0 unspecified atom stereocenters. The van der Waals surface area contributed by atoms with Crippen LogP contribution in [0.5, 0.6) is 0 Å². The van der Waals surface area contributed by atoms with Gasteiger partial charge in [0, 0.05) is 40.0 Å². The maximum absolute atomic E-state index is 12.8. The molecule has 2 heterocycles. The second-order valence-corrected chi connectivity index (χ2v) is 9.64. The van der Waals surface area contributed by atoms with Crippen LogP contribution < -0.4 is 0 Å². The predicted molar refractivity (Wildman–Crippen MR) is 115 cm³/mol. The number of fused-ring (bicyclic) bond motifs is 3. The van der Waals surface area contributed by atoms with Crippen LogP contribution >= 0.6 is 11.3 Å². The fourth-order valence-electron chi connectivity index (χ4n) is 3.37. The van der Waals surface area contributed by atoms with E-state index in [9.17, 15) is 4.79 Å². The summed E-state index contributed by atoms with van der Waals surface area (Å²) in [5.41, 5.74) is 3.29. The van der Waals surface area contributed by atoms with E-state index in [-0.39, 0.29) is 11.3 Å². The Morgan fingerprint density at radius 2 is 2.04 bits per heavy atom. The average molecular weight is 403 g/mol. The molecule has 28 heavy (non-hydrogen) atoms. The molecule has 0 saturated heterocycles. The Labute approximate surface area is 170 Å². The number of hydrogen-bond acceptors (Lipinski definition) is 5. The van der Waals surface area contributed by atoms with Crippen LogP contribution in [-0.4, -0.2) is 66.0 Å². The summed E-state index contributed by atoms with van der Waals surface area (Å²) in [7, 11) is 5.67. The highest BCUT2D eigenvalue weighted by molar-refractivity contribution is 7.18. The van der Waals surface area contributed by atoms with E-state index in [1.54, 1.807) is 12.0 Å². The zero-order valence-electron chi connectivity index (χ0n) is 17.7. The standard InChI is InChI=1S/C21H30N4O2S/c1-21(2,3)14-24(5)19(26)18-13-25-17-8-7-15(12-23(4)9-10-27-6)11-16(17)22-20(25)28-18/h7-8,11,13H,9-10,12,14H2,1-6H3. The Balaban J connectivity index is 1.81. The zero-order chi connectivity index (χ0) is 20.5. The molecule has 6 nitrogen and oxygen atoms in total. The number of hydrogen-bond donors (Lipinski definition) is 0. The first-order valence-electron chi connectivity index (χ1n) is 9.51. The molecule has 0 N–H and O–H groups in total. The van der Waals surface area contributed by atoms with Crippen molar-refractivity contribution in [3.8, 4) is 0 Å². The van der Waals surface area contributed by atoms with Crippen LogP contribution in [0.15, 0.2) is 24.4 Å². The number of imidazole rings is 1. The molecule has 0 spiro atoms. The lowest BCUT2D eigenvalue weighted by Crippen LogP contribution is -2.34. The van der Waals surface area contributed by atoms with Crippen molar-refractivity contribution < 1.29 is 9.53 Å². The Bertz CT molecular complexity index is 970. The number of rotatable bonds is 7. The SMILES string of the molecule is COCCN(C)Cc1ccc2c(c1)nc1sc(C(=O)N(C)CC(C)(C)C)cn12. The largest absolute Gasteiger partial charge is 0.383 e. The minimum atomic E-state index is 0.0509. The summed E-state index contributed by atoms with van der Waals surface area (Å²) in [4.78, 5) is 23.1. The number of nitrogens with zero attached hydrogens (tertiary/aromatic N) is 4. The third-order valence-electron chi connectivity index (χ3n) is 4.57. The maximum atomic E-state index is 12.8. The maximum Gasteiger partial charge on any atom is 0.265 e. The van der Waals surface area contributed by atoms with Crippen molar-refractivity contribution in [2.24, 2.45) is 5.41 Å². The highest BCUT2D eigenvalue weighted by Crippen LogP contribution is 2.26. The summed E-state index contributed by atoms with van der Waals surface area (Å²) >= 11 is 1.45. The fourth-order valence-corrected chi connectivity index (χ4v) is 4.36. The third-order valence-corrected chi connectivity index (χ3v) is 5.54. The number of thiazole rings is 1. The molecule has 0 saturated carbocycles. The van der Waals surface area contributed by atoms with Gasteiger partial charge in [-0.05, 0) is 30.2 Å². The van der Waals surface area contributed by atoms with E-state index in [4.69, 9.17) is 9.72 Å². The van der Waals surface area contributed by atoms with Gasteiger partial charge < -0.3 is 9.64 Å². The quantitative estimate of drug-likeness (QED) is 0.604. The molecule has 0 bridgehead atoms. The minimum absolute atomic E-state index is 0.0509. The Morgan fingerprint density at radius 3 is 2.71 bits per heavy atom. The van der Waals surface area contributed by atoms with E-state index in [0.29, 0.717) is 6.54 Å². The summed E-state index contributed by atoms with van der Waals surface area (Å²) < 4.78 is 7.16. The molecule has 0 aliphatic heterocycles. The van der Waals surface area contributed by atoms with Crippen LogP contribution in [0.4, 0.5) is 0 Å². The molecule has 7 heteroatoms. The molecular weight excluding hydrogens is 372 g/mol. The van der Waals surface area contributed by atoms with Gasteiger partial charge in [0.2, 0.25) is 0 Å². The molecule has 3 rings (SSSR count). The van der Waals surface area contributed by atoms with Crippen LogP contribution in [0.25, 0.3) is 16.0 Å². The average Bonchev–Trinajstić information content (AvgIpc) is 3.15. The first kappa shape index (κ1) is 20.8. The van der Waals surface area contributed by atoms with E-state index in [2.05, 4.69) is 50.9 Å². The minimum Gasteiger partial charge on any atom is -0.383 e. The first-order chi connectivity index (χ1) is 13.2. The molecule has 0 radical (unpaired) electrons. The summed E-state index contributed by atoms with van der Waals surface area (Å²) in [5, 5.41) is 0. The summed E-state index contributed by atoms with van der Waals surface area (Å²) in [5.74, 6) is 0.0509. The summed E-state index contributed by atoms with van der Waals surface area (Å²) in [6.45, 7) is 9.58. The number of likely N-dealkylation sites (N-methyl/N-ethyl adjacent to an activating group) is 1. The fraction of sp³-hybridized carbons (Fsp3) is 0.524. The van der Waals surface area contributed by atoms with E-state index >= 15 is 0 Å². The smallest absolute Gasteiger partial charge is 0.265 e. The Kier molecular flexibility index (Phi) is 6.07. The van der Waals surface area contributed by atoms with Gasteiger partial charge in [-0.1, -0.05) is 38.2 Å². The van der Waals surface area contributed by atoms with Gasteiger partial charge in [-0.3, -0.25) is 14.1 Å². The van der Waals surface area contributed by atoms with Crippen molar-refractivity contribution in [3.05, 3.63) is 34.8 Å². The molecule has 152 valence electrons. The number of benzene rings is 1. The van der Waals surface area contributed by atoms with E-state index < -0.39 is 0 Å². The van der Waals surface area contributed by atoms with E-state index in [0.717, 1.165) is 40.6 Å². The lowest BCUT2D eigenvalue weighted by molar-refractivity contribution is 0.0750. The van der Waals surface area contributed by atoms with Crippen LogP contribution in [0.1, 0.15) is 36.0 Å². The molecule has 0 aliphatic carbocycles. The van der Waals surface area contributed by atoms with Crippen LogP contribution in [0.2, 0.25) is 0 Å². The van der Waals surface area contributed by atoms with Crippen molar-refractivity contribution in [2.75, 3.05) is 40.9 Å². The third kappa shape index (κ3) is 4.71. The van der Waals surface area contributed by atoms with Gasteiger partial charge in [-0.15, -0.1) is 0 Å². The summed E-state index contributed by atoms with van der Waals surface area (Å²) in [6, 6.07) is 6.35. The molecule has 2 aromatic heterocycles. The van der Waals surface area contributed by atoms with Gasteiger partial charge in [-0.2, -0.15) is 0 Å². The van der Waals surface area contributed by atoms with E-state index in [1.165, 1.54) is 16.9 Å². The van der Waals surface area contributed by atoms with Crippen molar-refractivity contribution in [1.29, 1.82) is 0 Å². The van der Waals surface area contributed by atoms with Crippen molar-refractivity contribution >= 4 is 33.2 Å². The van der Waals surface area contributed by atoms with E-state index in [1.807, 2.05) is 17.6 Å². The second kappa shape index (κ2) is 8.19. The highest BCUT2D eigenvalue weighted by Gasteiger charge is 2.21. The van der Waals surface area contributed by atoms with Crippen molar-refractivity contribution in [2.45, 2.75) is 27.3 Å². The van der Waals surface area contributed by atoms with Crippen LogP contribution in [0.3, 0.4) is 0 Å². The van der Waals surface area contributed by atoms with Crippen molar-refractivity contribution in [3.63, 3.8) is 0 Å². The lowest BCUT2D eigenvalue weighted by Gasteiger charge is -2.26. The van der Waals surface area contributed by atoms with Crippen LogP contribution in [0, 0.1) is 5.41 Å².